The highest BCUT2D eigenvalue weighted by molar-refractivity contribution is 5.80. The van der Waals surface area contributed by atoms with Crippen LogP contribution in [0.1, 0.15) is 55.7 Å². The molecule has 3 rings (SSSR count). The van der Waals surface area contributed by atoms with E-state index in [-0.39, 0.29) is 18.9 Å². The number of alkyl halides is 1. The number of hydrogen-bond acceptors (Lipinski definition) is 4. The van der Waals surface area contributed by atoms with Crippen molar-refractivity contribution in [2.75, 3.05) is 6.61 Å². The van der Waals surface area contributed by atoms with E-state index in [1.54, 1.807) is 0 Å². The Balaban J connectivity index is 1.86. The van der Waals surface area contributed by atoms with Crippen LogP contribution >= 0.6 is 0 Å². The SMILES string of the molecule is CC(F)COC1NC(=O)Cc2oc(=O)cc(CCC3CCC3)c21. The summed E-state index contributed by atoms with van der Waals surface area (Å²) in [5.74, 6) is 0.774. The smallest absolute Gasteiger partial charge is 0.336 e. The van der Waals surface area contributed by atoms with E-state index in [4.69, 9.17) is 9.15 Å². The second-order valence-electron chi connectivity index (χ2n) is 6.50. The van der Waals surface area contributed by atoms with Crippen molar-refractivity contribution in [3.05, 3.63) is 33.4 Å². The van der Waals surface area contributed by atoms with Crippen LogP contribution in [-0.2, 0) is 22.4 Å². The zero-order valence-electron chi connectivity index (χ0n) is 13.3. The fraction of sp³-hybridized carbons (Fsp3) is 0.647. The standard InChI is InChI=1S/C17H22FNO4/c1-10(18)9-22-17-16-12(6-5-11-3-2-4-11)7-15(21)23-13(16)8-14(20)19-17/h7,10-11,17H,2-6,8-9H2,1H3,(H,19,20). The molecule has 6 heteroatoms. The molecule has 2 unspecified atom stereocenters. The van der Waals surface area contributed by atoms with Gasteiger partial charge in [-0.1, -0.05) is 19.3 Å². The number of ether oxygens (including phenoxy) is 1. The largest absolute Gasteiger partial charge is 0.427 e. The number of nitrogens with one attached hydrogen (secondary N) is 1. The van der Waals surface area contributed by atoms with Gasteiger partial charge >= 0.3 is 5.63 Å². The molecule has 126 valence electrons. The third kappa shape index (κ3) is 3.80. The molecular weight excluding hydrogens is 301 g/mol. The van der Waals surface area contributed by atoms with E-state index in [0.717, 1.165) is 18.4 Å². The van der Waals surface area contributed by atoms with Gasteiger partial charge < -0.3 is 14.5 Å². The Bertz CT molecular complexity index is 636. The summed E-state index contributed by atoms with van der Waals surface area (Å²) in [5, 5.41) is 2.71. The minimum atomic E-state index is -1.13. The van der Waals surface area contributed by atoms with E-state index in [9.17, 15) is 14.0 Å². The zero-order chi connectivity index (χ0) is 16.4. The first-order chi connectivity index (χ1) is 11.0. The van der Waals surface area contributed by atoms with Gasteiger partial charge in [0, 0.05) is 11.6 Å². The Morgan fingerprint density at radius 2 is 2.22 bits per heavy atom. The number of carbonyl (C=O) groups excluding carboxylic acids is 1. The first-order valence-electron chi connectivity index (χ1n) is 8.23. The molecule has 0 spiro atoms. The fourth-order valence-electron chi connectivity index (χ4n) is 3.17. The molecule has 2 aliphatic rings. The molecule has 1 aromatic heterocycles. The molecule has 1 aromatic rings. The Morgan fingerprint density at radius 3 is 2.87 bits per heavy atom. The van der Waals surface area contributed by atoms with Gasteiger partial charge in [0.15, 0.2) is 6.23 Å². The van der Waals surface area contributed by atoms with Crippen LogP contribution in [0.4, 0.5) is 4.39 Å². The lowest BCUT2D eigenvalue weighted by atomic mass is 9.81. The van der Waals surface area contributed by atoms with Gasteiger partial charge in [-0.3, -0.25) is 4.79 Å². The molecule has 1 saturated carbocycles. The third-order valence-electron chi connectivity index (χ3n) is 4.58. The van der Waals surface area contributed by atoms with E-state index in [1.165, 1.54) is 32.3 Å². The fourth-order valence-corrected chi connectivity index (χ4v) is 3.17. The highest BCUT2D eigenvalue weighted by Crippen LogP contribution is 2.33. The first-order valence-corrected chi connectivity index (χ1v) is 8.23. The summed E-state index contributed by atoms with van der Waals surface area (Å²) in [5.41, 5.74) is 1.10. The number of fused-ring (bicyclic) bond motifs is 1. The maximum absolute atomic E-state index is 13.1. The van der Waals surface area contributed by atoms with Crippen LogP contribution < -0.4 is 10.9 Å². The third-order valence-corrected chi connectivity index (χ3v) is 4.58. The van der Waals surface area contributed by atoms with Crippen molar-refractivity contribution < 1.29 is 18.3 Å². The highest BCUT2D eigenvalue weighted by Gasteiger charge is 2.31. The van der Waals surface area contributed by atoms with E-state index >= 15 is 0 Å². The monoisotopic (exact) mass is 323 g/mol. The van der Waals surface area contributed by atoms with Crippen molar-refractivity contribution in [2.24, 2.45) is 5.92 Å². The highest BCUT2D eigenvalue weighted by atomic mass is 19.1. The number of halogens is 1. The molecule has 1 N–H and O–H groups in total. The van der Waals surface area contributed by atoms with Gasteiger partial charge in [-0.05, 0) is 31.2 Å². The summed E-state index contributed by atoms with van der Waals surface area (Å²) in [6.45, 7) is 1.28. The minimum Gasteiger partial charge on any atom is -0.427 e. The topological polar surface area (TPSA) is 68.5 Å². The van der Waals surface area contributed by atoms with Crippen LogP contribution in [0, 0.1) is 5.92 Å². The van der Waals surface area contributed by atoms with Crippen LogP contribution in [0.15, 0.2) is 15.3 Å². The molecule has 2 atom stereocenters. The van der Waals surface area contributed by atoms with E-state index in [2.05, 4.69) is 5.32 Å². The lowest BCUT2D eigenvalue weighted by molar-refractivity contribution is -0.127. The molecule has 0 aromatic carbocycles. The molecule has 1 aliphatic carbocycles. The van der Waals surface area contributed by atoms with Crippen LogP contribution in [0.5, 0.6) is 0 Å². The Morgan fingerprint density at radius 1 is 1.43 bits per heavy atom. The minimum absolute atomic E-state index is 0.0207. The molecule has 1 fully saturated rings. The summed E-state index contributed by atoms with van der Waals surface area (Å²) in [7, 11) is 0. The van der Waals surface area contributed by atoms with Crippen molar-refractivity contribution in [1.29, 1.82) is 0 Å². The van der Waals surface area contributed by atoms with E-state index in [1.807, 2.05) is 0 Å². The molecule has 1 aliphatic heterocycles. The quantitative estimate of drug-likeness (QED) is 0.873. The van der Waals surface area contributed by atoms with Crippen LogP contribution in [0.2, 0.25) is 0 Å². The number of aryl methyl sites for hydroxylation is 1. The van der Waals surface area contributed by atoms with Gasteiger partial charge in [-0.2, -0.15) is 0 Å². The Hall–Kier alpha value is -1.69. The molecule has 2 heterocycles. The summed E-state index contributed by atoms with van der Waals surface area (Å²) in [6, 6.07) is 1.48. The summed E-state index contributed by atoms with van der Waals surface area (Å²) >= 11 is 0. The van der Waals surface area contributed by atoms with Gasteiger partial charge in [0.05, 0.1) is 13.0 Å². The predicted molar refractivity (Wildman–Crippen MR) is 81.7 cm³/mol. The molecule has 5 nitrogen and oxygen atoms in total. The maximum atomic E-state index is 13.1. The lowest BCUT2D eigenvalue weighted by Crippen LogP contribution is -2.39. The molecule has 1 amide bonds. The number of rotatable bonds is 6. The molecule has 23 heavy (non-hydrogen) atoms. The second kappa shape index (κ2) is 6.83. The van der Waals surface area contributed by atoms with Crippen LogP contribution in [-0.4, -0.2) is 18.7 Å². The molecule has 0 bridgehead atoms. The maximum Gasteiger partial charge on any atom is 0.336 e. The van der Waals surface area contributed by atoms with Gasteiger partial charge in [0.1, 0.15) is 11.9 Å². The van der Waals surface area contributed by atoms with Gasteiger partial charge in [-0.15, -0.1) is 0 Å². The van der Waals surface area contributed by atoms with E-state index in [0.29, 0.717) is 17.2 Å². The van der Waals surface area contributed by atoms with Crippen LogP contribution in [0.25, 0.3) is 0 Å². The van der Waals surface area contributed by atoms with Crippen molar-refractivity contribution in [2.45, 2.75) is 57.8 Å². The number of amides is 1. The van der Waals surface area contributed by atoms with Gasteiger partial charge in [0.2, 0.25) is 5.91 Å². The first kappa shape index (κ1) is 16.2. The summed E-state index contributed by atoms with van der Waals surface area (Å²) < 4.78 is 23.8. The van der Waals surface area contributed by atoms with Crippen molar-refractivity contribution >= 4 is 5.91 Å². The Labute approximate surface area is 134 Å². The van der Waals surface area contributed by atoms with Crippen molar-refractivity contribution in [3.63, 3.8) is 0 Å². The zero-order valence-corrected chi connectivity index (χ0v) is 13.3. The lowest BCUT2D eigenvalue weighted by Gasteiger charge is -2.29. The van der Waals surface area contributed by atoms with Crippen molar-refractivity contribution in [3.8, 4) is 0 Å². The Kier molecular flexibility index (Phi) is 4.80. The van der Waals surface area contributed by atoms with Gasteiger partial charge in [0.25, 0.3) is 0 Å². The molecule has 0 radical (unpaired) electrons. The number of hydrogen-bond donors (Lipinski definition) is 1. The van der Waals surface area contributed by atoms with Gasteiger partial charge in [-0.25, -0.2) is 9.18 Å². The van der Waals surface area contributed by atoms with Crippen molar-refractivity contribution in [1.82, 2.24) is 5.32 Å². The second-order valence-corrected chi connectivity index (χ2v) is 6.50. The average Bonchev–Trinajstić information content (AvgIpc) is 2.41. The number of carbonyl (C=O) groups is 1. The molecule has 0 saturated heterocycles. The predicted octanol–water partition coefficient (Wildman–Crippen LogP) is 2.42. The van der Waals surface area contributed by atoms with Crippen LogP contribution in [0.3, 0.4) is 0 Å². The molecular formula is C17H22FNO4. The summed E-state index contributed by atoms with van der Waals surface area (Å²) in [4.78, 5) is 23.5. The normalized spacial score (nSPS) is 22.2. The average molecular weight is 323 g/mol. The summed E-state index contributed by atoms with van der Waals surface area (Å²) in [6.07, 6.45) is 3.65. The van der Waals surface area contributed by atoms with E-state index < -0.39 is 18.0 Å².